The summed E-state index contributed by atoms with van der Waals surface area (Å²) in [4.78, 5) is 11.9. The van der Waals surface area contributed by atoms with Gasteiger partial charge >= 0.3 is 5.97 Å². The van der Waals surface area contributed by atoms with Crippen LogP contribution in [0.5, 0.6) is 5.75 Å². The van der Waals surface area contributed by atoms with Crippen molar-refractivity contribution in [2.75, 3.05) is 0 Å². The molecule has 0 saturated carbocycles. The van der Waals surface area contributed by atoms with Gasteiger partial charge in [0.1, 0.15) is 5.75 Å². The van der Waals surface area contributed by atoms with E-state index < -0.39 is 0 Å². The third-order valence-corrected chi connectivity index (χ3v) is 2.85. The number of ether oxygens (including phenoxy) is 1. The average molecular weight is 291 g/mol. The van der Waals surface area contributed by atoms with Gasteiger partial charge in [-0.15, -0.1) is 0 Å². The van der Waals surface area contributed by atoms with Gasteiger partial charge in [0, 0.05) is 4.47 Å². The van der Waals surface area contributed by atoms with E-state index in [4.69, 9.17) is 4.74 Å². The summed E-state index contributed by atoms with van der Waals surface area (Å²) in [5, 5.41) is 0. The lowest BCUT2D eigenvalue weighted by molar-refractivity contribution is 0.0733. The minimum Gasteiger partial charge on any atom is -0.423 e. The first-order valence-electron chi connectivity index (χ1n) is 5.20. The number of esters is 1. The van der Waals surface area contributed by atoms with Crippen LogP contribution in [0, 0.1) is 6.92 Å². The number of carbonyl (C=O) groups excluding carboxylic acids is 1. The van der Waals surface area contributed by atoms with Crippen molar-refractivity contribution in [3.63, 3.8) is 0 Å². The third kappa shape index (κ3) is 2.94. The average Bonchev–Trinajstić information content (AvgIpc) is 2.32. The van der Waals surface area contributed by atoms with Crippen LogP contribution in [0.3, 0.4) is 0 Å². The SMILES string of the molecule is Cc1ccccc1OC(=O)c1cccc(Br)c1. The van der Waals surface area contributed by atoms with Crippen molar-refractivity contribution in [2.45, 2.75) is 6.92 Å². The normalized spacial score (nSPS) is 10.0. The molecule has 0 aliphatic heterocycles. The number of benzene rings is 2. The molecule has 0 bridgehead atoms. The summed E-state index contributed by atoms with van der Waals surface area (Å²) in [5.74, 6) is 0.248. The Morgan fingerprint density at radius 3 is 2.59 bits per heavy atom. The molecule has 0 amide bonds. The van der Waals surface area contributed by atoms with Crippen molar-refractivity contribution in [3.8, 4) is 5.75 Å². The molecule has 2 aromatic carbocycles. The van der Waals surface area contributed by atoms with E-state index in [-0.39, 0.29) is 5.97 Å². The molecule has 2 aromatic rings. The van der Waals surface area contributed by atoms with Crippen LogP contribution >= 0.6 is 15.9 Å². The van der Waals surface area contributed by atoms with Crippen LogP contribution in [-0.2, 0) is 0 Å². The van der Waals surface area contributed by atoms with E-state index in [0.717, 1.165) is 10.0 Å². The second-order valence-corrected chi connectivity index (χ2v) is 4.58. The van der Waals surface area contributed by atoms with Crippen molar-refractivity contribution in [2.24, 2.45) is 0 Å². The molecule has 86 valence electrons. The molecule has 0 unspecified atom stereocenters. The summed E-state index contributed by atoms with van der Waals surface area (Å²) < 4.78 is 6.18. The second-order valence-electron chi connectivity index (χ2n) is 3.67. The Kier molecular flexibility index (Phi) is 3.59. The molecule has 0 fully saturated rings. The van der Waals surface area contributed by atoms with Crippen LogP contribution < -0.4 is 4.74 Å². The van der Waals surface area contributed by atoms with E-state index in [0.29, 0.717) is 11.3 Å². The van der Waals surface area contributed by atoms with Crippen molar-refractivity contribution < 1.29 is 9.53 Å². The fraction of sp³-hybridized carbons (Fsp3) is 0.0714. The Morgan fingerprint density at radius 2 is 1.88 bits per heavy atom. The minimum atomic E-state index is -0.347. The van der Waals surface area contributed by atoms with Crippen molar-refractivity contribution in [1.82, 2.24) is 0 Å². The van der Waals surface area contributed by atoms with Crippen LogP contribution in [0.2, 0.25) is 0 Å². The molecule has 2 rings (SSSR count). The lowest BCUT2D eigenvalue weighted by Crippen LogP contribution is -2.09. The number of rotatable bonds is 2. The van der Waals surface area contributed by atoms with Gasteiger partial charge in [0.05, 0.1) is 5.56 Å². The summed E-state index contributed by atoms with van der Waals surface area (Å²) in [6.45, 7) is 1.91. The number of hydrogen-bond acceptors (Lipinski definition) is 2. The summed E-state index contributed by atoms with van der Waals surface area (Å²) in [6.07, 6.45) is 0. The first-order chi connectivity index (χ1) is 8.16. The first kappa shape index (κ1) is 11.9. The Balaban J connectivity index is 2.20. The summed E-state index contributed by atoms with van der Waals surface area (Å²) in [6, 6.07) is 14.6. The number of aryl methyl sites for hydroxylation is 1. The molecule has 0 aromatic heterocycles. The van der Waals surface area contributed by atoms with E-state index in [2.05, 4.69) is 15.9 Å². The fourth-order valence-corrected chi connectivity index (χ4v) is 1.84. The largest absolute Gasteiger partial charge is 0.423 e. The van der Waals surface area contributed by atoms with Crippen molar-refractivity contribution in [3.05, 3.63) is 64.1 Å². The van der Waals surface area contributed by atoms with Gasteiger partial charge in [0.25, 0.3) is 0 Å². The molecule has 0 radical (unpaired) electrons. The molecule has 0 spiro atoms. The second kappa shape index (κ2) is 5.15. The quantitative estimate of drug-likeness (QED) is 0.618. The Labute approximate surface area is 108 Å². The van der Waals surface area contributed by atoms with Gasteiger partial charge in [-0.05, 0) is 36.8 Å². The zero-order valence-corrected chi connectivity index (χ0v) is 10.9. The molecule has 0 heterocycles. The smallest absolute Gasteiger partial charge is 0.343 e. The van der Waals surface area contributed by atoms with E-state index >= 15 is 0 Å². The van der Waals surface area contributed by atoms with E-state index in [1.54, 1.807) is 24.3 Å². The standard InChI is InChI=1S/C14H11BrO2/c1-10-5-2-3-8-13(10)17-14(16)11-6-4-7-12(15)9-11/h2-9H,1H3. The van der Waals surface area contributed by atoms with Crippen LogP contribution in [0.1, 0.15) is 15.9 Å². The summed E-state index contributed by atoms with van der Waals surface area (Å²) in [7, 11) is 0. The van der Waals surface area contributed by atoms with Gasteiger partial charge < -0.3 is 4.74 Å². The lowest BCUT2D eigenvalue weighted by atomic mass is 10.2. The lowest BCUT2D eigenvalue weighted by Gasteiger charge is -2.06. The highest BCUT2D eigenvalue weighted by atomic mass is 79.9. The molecule has 17 heavy (non-hydrogen) atoms. The van der Waals surface area contributed by atoms with Crippen molar-refractivity contribution >= 4 is 21.9 Å². The monoisotopic (exact) mass is 290 g/mol. The van der Waals surface area contributed by atoms with Crippen LogP contribution in [-0.4, -0.2) is 5.97 Å². The molecule has 0 aliphatic carbocycles. The number of para-hydroxylation sites is 1. The molecule has 3 heteroatoms. The topological polar surface area (TPSA) is 26.3 Å². The third-order valence-electron chi connectivity index (χ3n) is 2.36. The molecule has 2 nitrogen and oxygen atoms in total. The maximum atomic E-state index is 11.9. The first-order valence-corrected chi connectivity index (χ1v) is 5.99. The van der Waals surface area contributed by atoms with Crippen LogP contribution in [0.4, 0.5) is 0 Å². The van der Waals surface area contributed by atoms with E-state index in [9.17, 15) is 4.79 Å². The molecular formula is C14H11BrO2. The molecule has 0 N–H and O–H groups in total. The maximum absolute atomic E-state index is 11.9. The molecule has 0 saturated heterocycles. The van der Waals surface area contributed by atoms with Crippen LogP contribution in [0.15, 0.2) is 53.0 Å². The number of carbonyl (C=O) groups is 1. The summed E-state index contributed by atoms with van der Waals surface area (Å²) >= 11 is 3.32. The zero-order chi connectivity index (χ0) is 12.3. The maximum Gasteiger partial charge on any atom is 0.343 e. The number of halogens is 1. The van der Waals surface area contributed by atoms with Crippen molar-refractivity contribution in [1.29, 1.82) is 0 Å². The predicted molar refractivity (Wildman–Crippen MR) is 70.3 cm³/mol. The van der Waals surface area contributed by atoms with Crippen LogP contribution in [0.25, 0.3) is 0 Å². The summed E-state index contributed by atoms with van der Waals surface area (Å²) in [5.41, 5.74) is 1.47. The molecule has 0 aliphatic rings. The zero-order valence-electron chi connectivity index (χ0n) is 9.31. The molecule has 0 atom stereocenters. The van der Waals surface area contributed by atoms with Gasteiger partial charge in [-0.25, -0.2) is 4.79 Å². The van der Waals surface area contributed by atoms with Gasteiger partial charge in [-0.1, -0.05) is 40.2 Å². The molecular weight excluding hydrogens is 280 g/mol. The van der Waals surface area contributed by atoms with Gasteiger partial charge in [0.15, 0.2) is 0 Å². The number of hydrogen-bond donors (Lipinski definition) is 0. The predicted octanol–water partition coefficient (Wildman–Crippen LogP) is 3.98. The van der Waals surface area contributed by atoms with Gasteiger partial charge in [-0.3, -0.25) is 0 Å². The highest BCUT2D eigenvalue weighted by Crippen LogP contribution is 2.19. The van der Waals surface area contributed by atoms with E-state index in [1.165, 1.54) is 0 Å². The highest BCUT2D eigenvalue weighted by molar-refractivity contribution is 9.10. The Bertz CT molecular complexity index is 549. The Hall–Kier alpha value is -1.61. The van der Waals surface area contributed by atoms with Gasteiger partial charge in [0.2, 0.25) is 0 Å². The van der Waals surface area contributed by atoms with Gasteiger partial charge in [-0.2, -0.15) is 0 Å². The van der Waals surface area contributed by atoms with E-state index in [1.807, 2.05) is 31.2 Å². The minimum absolute atomic E-state index is 0.347. The fourth-order valence-electron chi connectivity index (χ4n) is 1.45. The highest BCUT2D eigenvalue weighted by Gasteiger charge is 2.09. The Morgan fingerprint density at radius 1 is 1.12 bits per heavy atom.